The SMILES string of the molecule is Cc1csc(CNS(=O)(=O)c2cc(Cl)c(Br)c(N)c2F)n1. The Kier molecular flexibility index (Phi) is 4.89. The molecule has 1 aromatic heterocycles. The van der Waals surface area contributed by atoms with Gasteiger partial charge in [-0.05, 0) is 28.9 Å². The number of halogens is 3. The fourth-order valence-electron chi connectivity index (χ4n) is 1.51. The Balaban J connectivity index is 2.32. The molecule has 0 saturated carbocycles. The number of benzene rings is 1. The van der Waals surface area contributed by atoms with Crippen LogP contribution >= 0.6 is 38.9 Å². The molecule has 0 bridgehead atoms. The first-order chi connectivity index (χ1) is 9.72. The van der Waals surface area contributed by atoms with Crippen LogP contribution in [0.15, 0.2) is 20.8 Å². The Hall–Kier alpha value is -0.740. The van der Waals surface area contributed by atoms with Crippen LogP contribution < -0.4 is 10.5 Å². The summed E-state index contributed by atoms with van der Waals surface area (Å²) in [5.41, 5.74) is 5.92. The summed E-state index contributed by atoms with van der Waals surface area (Å²) in [5.74, 6) is -1.05. The normalized spacial score (nSPS) is 11.8. The number of nitrogens with one attached hydrogen (secondary N) is 1. The predicted molar refractivity (Wildman–Crippen MR) is 84.4 cm³/mol. The van der Waals surface area contributed by atoms with E-state index >= 15 is 0 Å². The second-order valence-electron chi connectivity index (χ2n) is 4.11. The molecule has 0 radical (unpaired) electrons. The van der Waals surface area contributed by atoms with E-state index in [-0.39, 0.29) is 21.7 Å². The van der Waals surface area contributed by atoms with Gasteiger partial charge in [-0.25, -0.2) is 22.5 Å². The fourth-order valence-corrected chi connectivity index (χ4v) is 3.98. The van der Waals surface area contributed by atoms with Crippen molar-refractivity contribution in [3.63, 3.8) is 0 Å². The van der Waals surface area contributed by atoms with Gasteiger partial charge in [-0.15, -0.1) is 11.3 Å². The lowest BCUT2D eigenvalue weighted by molar-refractivity contribution is 0.558. The van der Waals surface area contributed by atoms with Crippen LogP contribution in [0.5, 0.6) is 0 Å². The van der Waals surface area contributed by atoms with Gasteiger partial charge in [0.05, 0.1) is 21.7 Å². The third-order valence-electron chi connectivity index (χ3n) is 2.53. The van der Waals surface area contributed by atoms with Gasteiger partial charge in [-0.1, -0.05) is 11.6 Å². The summed E-state index contributed by atoms with van der Waals surface area (Å²) in [7, 11) is -4.09. The van der Waals surface area contributed by atoms with E-state index < -0.39 is 20.7 Å². The number of rotatable bonds is 4. The zero-order valence-corrected chi connectivity index (χ0v) is 14.6. The van der Waals surface area contributed by atoms with Crippen LogP contribution in [0.1, 0.15) is 10.7 Å². The number of anilines is 1. The highest BCUT2D eigenvalue weighted by Gasteiger charge is 2.24. The average Bonchev–Trinajstić information content (AvgIpc) is 2.84. The van der Waals surface area contributed by atoms with Gasteiger partial charge in [0, 0.05) is 11.1 Å². The van der Waals surface area contributed by atoms with Gasteiger partial charge in [-0.3, -0.25) is 0 Å². The second-order valence-corrected chi connectivity index (χ2v) is 7.98. The van der Waals surface area contributed by atoms with Crippen molar-refractivity contribution in [1.82, 2.24) is 9.71 Å². The van der Waals surface area contributed by atoms with Gasteiger partial charge in [0.2, 0.25) is 10.0 Å². The number of nitrogens with zero attached hydrogens (tertiary/aromatic N) is 1. The number of hydrogen-bond donors (Lipinski definition) is 2. The van der Waals surface area contributed by atoms with E-state index in [1.54, 1.807) is 12.3 Å². The number of aryl methyl sites for hydroxylation is 1. The Labute approximate surface area is 138 Å². The lowest BCUT2D eigenvalue weighted by atomic mass is 10.3. The maximum Gasteiger partial charge on any atom is 0.244 e. The molecule has 1 heterocycles. The molecule has 0 atom stereocenters. The van der Waals surface area contributed by atoms with Crippen molar-refractivity contribution in [2.75, 3.05) is 5.73 Å². The monoisotopic (exact) mass is 413 g/mol. The molecule has 0 saturated heterocycles. The molecular formula is C11H10BrClFN3O2S2. The van der Waals surface area contributed by atoms with Crippen molar-refractivity contribution in [2.24, 2.45) is 0 Å². The Morgan fingerprint density at radius 2 is 2.24 bits per heavy atom. The number of aromatic nitrogens is 1. The molecule has 5 nitrogen and oxygen atoms in total. The molecule has 2 rings (SSSR count). The quantitative estimate of drug-likeness (QED) is 0.595. The Morgan fingerprint density at radius 1 is 1.57 bits per heavy atom. The zero-order valence-electron chi connectivity index (χ0n) is 10.7. The van der Waals surface area contributed by atoms with Gasteiger partial charge >= 0.3 is 0 Å². The number of nitrogen functional groups attached to an aromatic ring is 1. The highest BCUT2D eigenvalue weighted by molar-refractivity contribution is 9.10. The Morgan fingerprint density at radius 3 is 2.81 bits per heavy atom. The summed E-state index contributed by atoms with van der Waals surface area (Å²) >= 11 is 10.1. The number of thiazole rings is 1. The first-order valence-electron chi connectivity index (χ1n) is 5.56. The van der Waals surface area contributed by atoms with E-state index in [0.717, 1.165) is 11.8 Å². The van der Waals surface area contributed by atoms with Crippen LogP contribution in [0, 0.1) is 12.7 Å². The van der Waals surface area contributed by atoms with Crippen LogP contribution in [-0.2, 0) is 16.6 Å². The summed E-state index contributed by atoms with van der Waals surface area (Å²) in [5, 5.41) is 2.38. The smallest absolute Gasteiger partial charge is 0.244 e. The van der Waals surface area contributed by atoms with Crippen LogP contribution in [0.2, 0.25) is 5.02 Å². The molecular weight excluding hydrogens is 405 g/mol. The highest BCUT2D eigenvalue weighted by Crippen LogP contribution is 2.34. The van der Waals surface area contributed by atoms with Crippen molar-refractivity contribution < 1.29 is 12.8 Å². The topological polar surface area (TPSA) is 85.1 Å². The summed E-state index contributed by atoms with van der Waals surface area (Å²) in [6.07, 6.45) is 0. The van der Waals surface area contributed by atoms with Crippen LogP contribution in [0.3, 0.4) is 0 Å². The minimum atomic E-state index is -4.09. The van der Waals surface area contributed by atoms with Gasteiger partial charge in [0.25, 0.3) is 0 Å². The molecule has 21 heavy (non-hydrogen) atoms. The number of nitrogens with two attached hydrogens (primary N) is 1. The van der Waals surface area contributed by atoms with E-state index in [2.05, 4.69) is 25.6 Å². The van der Waals surface area contributed by atoms with Crippen molar-refractivity contribution in [3.05, 3.63) is 37.5 Å². The molecule has 0 unspecified atom stereocenters. The standard InChI is InChI=1S/C11H10BrClFN3O2S2/c1-5-4-20-8(17-5)3-16-21(18,19)7-2-6(13)9(12)11(15)10(7)14/h2,4,16H,3,15H2,1H3. The summed E-state index contributed by atoms with van der Waals surface area (Å²) in [6.45, 7) is 1.76. The highest BCUT2D eigenvalue weighted by atomic mass is 79.9. The molecule has 10 heteroatoms. The van der Waals surface area contributed by atoms with Crippen LogP contribution in [0.25, 0.3) is 0 Å². The van der Waals surface area contributed by atoms with Crippen molar-refractivity contribution >= 4 is 54.6 Å². The average molecular weight is 415 g/mol. The van der Waals surface area contributed by atoms with E-state index in [4.69, 9.17) is 17.3 Å². The third-order valence-corrected chi connectivity index (χ3v) is 6.27. The van der Waals surface area contributed by atoms with Gasteiger partial charge in [-0.2, -0.15) is 0 Å². The summed E-state index contributed by atoms with van der Waals surface area (Å²) < 4.78 is 40.7. The Bertz CT molecular complexity index is 795. The molecule has 1 aromatic carbocycles. The van der Waals surface area contributed by atoms with Crippen molar-refractivity contribution in [3.8, 4) is 0 Å². The molecule has 0 spiro atoms. The molecule has 3 N–H and O–H groups in total. The number of hydrogen-bond acceptors (Lipinski definition) is 5. The predicted octanol–water partition coefficient (Wildman–Crippen LogP) is 3.07. The second kappa shape index (κ2) is 6.17. The molecule has 0 aliphatic rings. The minimum absolute atomic E-state index is 0.0133. The minimum Gasteiger partial charge on any atom is -0.395 e. The molecule has 0 amide bonds. The summed E-state index contributed by atoms with van der Waals surface area (Å²) in [4.78, 5) is 3.52. The maximum atomic E-state index is 14.0. The van der Waals surface area contributed by atoms with Gasteiger partial charge in [0.15, 0.2) is 5.82 Å². The van der Waals surface area contributed by atoms with Crippen LogP contribution in [-0.4, -0.2) is 13.4 Å². The van der Waals surface area contributed by atoms with Crippen molar-refractivity contribution in [2.45, 2.75) is 18.4 Å². The van der Waals surface area contributed by atoms with Crippen molar-refractivity contribution in [1.29, 1.82) is 0 Å². The van der Waals surface area contributed by atoms with E-state index in [1.165, 1.54) is 11.3 Å². The largest absolute Gasteiger partial charge is 0.395 e. The number of sulfonamides is 1. The lowest BCUT2D eigenvalue weighted by Gasteiger charge is -2.10. The van der Waals surface area contributed by atoms with E-state index in [9.17, 15) is 12.8 Å². The third kappa shape index (κ3) is 3.54. The molecule has 0 fully saturated rings. The maximum absolute atomic E-state index is 14.0. The molecule has 0 aliphatic heterocycles. The zero-order chi connectivity index (χ0) is 15.8. The first kappa shape index (κ1) is 16.6. The first-order valence-corrected chi connectivity index (χ1v) is 9.09. The molecule has 2 aromatic rings. The lowest BCUT2D eigenvalue weighted by Crippen LogP contribution is -2.24. The van der Waals surface area contributed by atoms with Gasteiger partial charge in [0.1, 0.15) is 9.90 Å². The van der Waals surface area contributed by atoms with E-state index in [0.29, 0.717) is 5.01 Å². The van der Waals surface area contributed by atoms with Crippen LogP contribution in [0.4, 0.5) is 10.1 Å². The van der Waals surface area contributed by atoms with E-state index in [1.807, 2.05) is 0 Å². The molecule has 114 valence electrons. The van der Waals surface area contributed by atoms with Gasteiger partial charge < -0.3 is 5.73 Å². The fraction of sp³-hybridized carbons (Fsp3) is 0.182. The molecule has 0 aliphatic carbocycles. The summed E-state index contributed by atoms with van der Waals surface area (Å²) in [6, 6.07) is 1.01.